The van der Waals surface area contributed by atoms with Crippen LogP contribution in [0.2, 0.25) is 0 Å². The lowest BCUT2D eigenvalue weighted by molar-refractivity contribution is -0.129. The van der Waals surface area contributed by atoms with Gasteiger partial charge in [0.2, 0.25) is 11.0 Å². The molecule has 1 aliphatic rings. The molecule has 2 aromatic heterocycles. The number of aromatic nitrogens is 2. The molecule has 1 fully saturated rings. The van der Waals surface area contributed by atoms with Crippen molar-refractivity contribution in [1.82, 2.24) is 15.1 Å². The number of carbonyl (C=O) groups is 1. The summed E-state index contributed by atoms with van der Waals surface area (Å²) in [5.41, 5.74) is 0. The molecule has 0 unspecified atom stereocenters. The molecule has 0 aliphatic heterocycles. The van der Waals surface area contributed by atoms with Crippen molar-refractivity contribution >= 4 is 34.1 Å². The first-order valence-corrected chi connectivity index (χ1v) is 9.94. The third kappa shape index (κ3) is 4.98. The molecule has 0 saturated heterocycles. The quantitative estimate of drug-likeness (QED) is 0.685. The first-order chi connectivity index (χ1) is 11.6. The van der Waals surface area contributed by atoms with E-state index in [9.17, 15) is 4.79 Å². The fraction of sp³-hybridized carbons (Fsp3) is 0.562. The van der Waals surface area contributed by atoms with Gasteiger partial charge in [-0.25, -0.2) is 0 Å². The monoisotopic (exact) mass is 366 g/mol. The number of furan rings is 1. The van der Waals surface area contributed by atoms with Crippen molar-refractivity contribution in [3.05, 3.63) is 24.2 Å². The fourth-order valence-electron chi connectivity index (χ4n) is 2.36. The molecule has 0 spiro atoms. The lowest BCUT2D eigenvalue weighted by Crippen LogP contribution is -2.37. The summed E-state index contributed by atoms with van der Waals surface area (Å²) in [5, 5.41) is 12.2. The van der Waals surface area contributed by atoms with E-state index in [4.69, 9.17) is 4.42 Å². The van der Waals surface area contributed by atoms with Gasteiger partial charge in [0.1, 0.15) is 5.76 Å². The summed E-state index contributed by atoms with van der Waals surface area (Å²) < 4.78 is 6.08. The number of carbonyl (C=O) groups excluding carboxylic acids is 1. The molecule has 2 aromatic rings. The van der Waals surface area contributed by atoms with Crippen molar-refractivity contribution in [1.29, 1.82) is 0 Å². The van der Waals surface area contributed by atoms with Crippen molar-refractivity contribution < 1.29 is 9.21 Å². The number of nitrogens with one attached hydrogen (secondary N) is 1. The fourth-order valence-corrected chi connectivity index (χ4v) is 3.99. The maximum Gasteiger partial charge on any atom is 0.233 e. The Morgan fingerprint density at radius 3 is 3.00 bits per heavy atom. The number of nitrogens with zero attached hydrogens (tertiary/aromatic N) is 3. The van der Waals surface area contributed by atoms with Crippen molar-refractivity contribution in [3.63, 3.8) is 0 Å². The Labute approximate surface area is 150 Å². The van der Waals surface area contributed by atoms with Crippen LogP contribution in [0.3, 0.4) is 0 Å². The van der Waals surface area contributed by atoms with Crippen LogP contribution < -0.4 is 5.32 Å². The molecular weight excluding hydrogens is 344 g/mol. The molecule has 6 nitrogen and oxygen atoms in total. The first kappa shape index (κ1) is 17.3. The number of hydrogen-bond donors (Lipinski definition) is 1. The summed E-state index contributed by atoms with van der Waals surface area (Å²) >= 11 is 2.93. The van der Waals surface area contributed by atoms with E-state index in [1.165, 1.54) is 23.1 Å². The highest BCUT2D eigenvalue weighted by atomic mass is 32.2. The van der Waals surface area contributed by atoms with Gasteiger partial charge >= 0.3 is 0 Å². The van der Waals surface area contributed by atoms with Crippen LogP contribution in [-0.4, -0.2) is 39.3 Å². The second-order valence-electron chi connectivity index (χ2n) is 6.27. The largest absolute Gasteiger partial charge is 0.467 e. The summed E-state index contributed by atoms with van der Waals surface area (Å²) in [6.45, 7) is 5.72. The van der Waals surface area contributed by atoms with Gasteiger partial charge in [0, 0.05) is 12.6 Å². The second kappa shape index (κ2) is 8.02. The van der Waals surface area contributed by atoms with Crippen molar-refractivity contribution in [3.8, 4) is 0 Å². The maximum absolute atomic E-state index is 12.5. The average molecular weight is 367 g/mol. The molecular formula is C16H22N4O2S2. The Kier molecular flexibility index (Phi) is 5.78. The smallest absolute Gasteiger partial charge is 0.233 e. The predicted octanol–water partition coefficient (Wildman–Crippen LogP) is 3.48. The van der Waals surface area contributed by atoms with Crippen LogP contribution in [0.15, 0.2) is 27.2 Å². The number of anilines is 1. The van der Waals surface area contributed by atoms with Gasteiger partial charge in [0.25, 0.3) is 0 Å². The Morgan fingerprint density at radius 1 is 1.50 bits per heavy atom. The summed E-state index contributed by atoms with van der Waals surface area (Å²) in [6.07, 6.45) is 3.93. The normalized spacial score (nSPS) is 14.1. The highest BCUT2D eigenvalue weighted by Gasteiger charge is 2.32. The first-order valence-electron chi connectivity index (χ1n) is 8.14. The summed E-state index contributed by atoms with van der Waals surface area (Å²) in [4.78, 5) is 14.5. The van der Waals surface area contributed by atoms with E-state index >= 15 is 0 Å². The van der Waals surface area contributed by atoms with E-state index in [1.54, 1.807) is 6.26 Å². The maximum atomic E-state index is 12.5. The summed E-state index contributed by atoms with van der Waals surface area (Å²) in [7, 11) is 0. The molecule has 1 amide bonds. The molecule has 0 bridgehead atoms. The van der Waals surface area contributed by atoms with Crippen LogP contribution in [-0.2, 0) is 11.3 Å². The number of thioether (sulfide) groups is 1. The molecule has 1 saturated carbocycles. The van der Waals surface area contributed by atoms with Crippen molar-refractivity contribution in [2.24, 2.45) is 5.92 Å². The van der Waals surface area contributed by atoms with Gasteiger partial charge in [0.05, 0.1) is 18.6 Å². The van der Waals surface area contributed by atoms with Gasteiger partial charge in [-0.05, 0) is 30.9 Å². The van der Waals surface area contributed by atoms with Gasteiger partial charge in [0.15, 0.2) is 4.34 Å². The molecule has 0 radical (unpaired) electrons. The van der Waals surface area contributed by atoms with Gasteiger partial charge in [-0.2, -0.15) is 0 Å². The zero-order chi connectivity index (χ0) is 16.9. The molecule has 8 heteroatoms. The van der Waals surface area contributed by atoms with Crippen molar-refractivity contribution in [2.75, 3.05) is 17.6 Å². The van der Waals surface area contributed by atoms with Gasteiger partial charge in [-0.15, -0.1) is 10.2 Å². The minimum Gasteiger partial charge on any atom is -0.467 e. The highest BCUT2D eigenvalue weighted by molar-refractivity contribution is 8.01. The zero-order valence-corrected chi connectivity index (χ0v) is 15.5. The zero-order valence-electron chi connectivity index (χ0n) is 13.9. The SMILES string of the molecule is CC(C)CN(C(=O)CSc1nnc(NCc2ccco2)s1)C1CC1. The molecule has 2 heterocycles. The van der Waals surface area contributed by atoms with Crippen LogP contribution in [0.1, 0.15) is 32.4 Å². The predicted molar refractivity (Wildman–Crippen MR) is 96.2 cm³/mol. The third-order valence-electron chi connectivity index (χ3n) is 3.59. The van der Waals surface area contributed by atoms with Crippen LogP contribution >= 0.6 is 23.1 Å². The molecule has 1 aliphatic carbocycles. The molecule has 3 rings (SSSR count). The van der Waals surface area contributed by atoms with Gasteiger partial charge in [-0.3, -0.25) is 4.79 Å². The van der Waals surface area contributed by atoms with Crippen LogP contribution in [0.25, 0.3) is 0 Å². The lowest BCUT2D eigenvalue weighted by atomic mass is 10.2. The Morgan fingerprint density at radius 2 is 2.33 bits per heavy atom. The number of amides is 1. The Balaban J connectivity index is 1.46. The van der Waals surface area contributed by atoms with E-state index in [2.05, 4.69) is 29.4 Å². The minimum absolute atomic E-state index is 0.205. The molecule has 24 heavy (non-hydrogen) atoms. The highest BCUT2D eigenvalue weighted by Crippen LogP contribution is 2.30. The van der Waals surface area contributed by atoms with Crippen LogP contribution in [0, 0.1) is 5.92 Å². The Bertz CT molecular complexity index is 653. The molecule has 130 valence electrons. The van der Waals surface area contributed by atoms with Gasteiger partial charge < -0.3 is 14.6 Å². The van der Waals surface area contributed by atoms with E-state index < -0.39 is 0 Å². The second-order valence-corrected chi connectivity index (χ2v) is 8.47. The average Bonchev–Trinajstić information content (AvgIpc) is 3.07. The van der Waals surface area contributed by atoms with E-state index in [0.717, 1.165) is 34.6 Å². The minimum atomic E-state index is 0.205. The topological polar surface area (TPSA) is 71.3 Å². The van der Waals surface area contributed by atoms with E-state index in [1.807, 2.05) is 17.0 Å². The third-order valence-corrected chi connectivity index (χ3v) is 5.59. The van der Waals surface area contributed by atoms with E-state index in [-0.39, 0.29) is 5.91 Å². The lowest BCUT2D eigenvalue weighted by Gasteiger charge is -2.24. The van der Waals surface area contributed by atoms with Crippen LogP contribution in [0.4, 0.5) is 5.13 Å². The number of hydrogen-bond acceptors (Lipinski definition) is 7. The molecule has 1 N–H and O–H groups in total. The molecule has 0 aromatic carbocycles. The van der Waals surface area contributed by atoms with Crippen LogP contribution in [0.5, 0.6) is 0 Å². The van der Waals surface area contributed by atoms with Crippen molar-refractivity contribution in [2.45, 2.75) is 43.6 Å². The Hall–Kier alpha value is -1.54. The van der Waals surface area contributed by atoms with Gasteiger partial charge in [-0.1, -0.05) is 36.9 Å². The molecule has 0 atom stereocenters. The summed E-state index contributed by atoms with van der Waals surface area (Å²) in [6, 6.07) is 4.22. The standard InChI is InChI=1S/C16H22N4O2S2/c1-11(2)9-20(12-5-6-12)14(21)10-23-16-19-18-15(24-16)17-8-13-4-3-7-22-13/h3-4,7,11-12H,5-6,8-10H2,1-2H3,(H,17,18). The number of rotatable bonds is 9. The summed E-state index contributed by atoms with van der Waals surface area (Å²) in [5.74, 6) is 1.98. The van der Waals surface area contributed by atoms with E-state index in [0.29, 0.717) is 24.3 Å².